The van der Waals surface area contributed by atoms with E-state index >= 15 is 0 Å². The van der Waals surface area contributed by atoms with Crippen molar-refractivity contribution in [3.8, 4) is 0 Å². The predicted molar refractivity (Wildman–Crippen MR) is 76.1 cm³/mol. The number of rotatable bonds is 5. The van der Waals surface area contributed by atoms with Crippen LogP contribution in [0.4, 0.5) is 8.78 Å². The SMILES string of the molecule is CN(Cc1ccccc1)C(CN)c1cccc(F)c1F. The van der Waals surface area contributed by atoms with Crippen molar-refractivity contribution in [2.45, 2.75) is 12.6 Å². The number of hydrogen-bond donors (Lipinski definition) is 1. The maximum atomic E-state index is 13.9. The van der Waals surface area contributed by atoms with Gasteiger partial charge in [0.05, 0.1) is 6.04 Å². The average Bonchev–Trinajstić information content (AvgIpc) is 2.45. The molecule has 0 bridgehead atoms. The van der Waals surface area contributed by atoms with E-state index in [1.807, 2.05) is 42.3 Å². The Bertz CT molecular complexity index is 558. The number of halogens is 2. The first-order valence-corrected chi connectivity index (χ1v) is 6.51. The molecule has 0 aliphatic heterocycles. The zero-order valence-corrected chi connectivity index (χ0v) is 11.4. The van der Waals surface area contributed by atoms with Gasteiger partial charge in [0, 0.05) is 18.7 Å². The monoisotopic (exact) mass is 276 g/mol. The topological polar surface area (TPSA) is 29.3 Å². The minimum atomic E-state index is -0.839. The number of benzene rings is 2. The summed E-state index contributed by atoms with van der Waals surface area (Å²) < 4.78 is 27.2. The predicted octanol–water partition coefficient (Wildman–Crippen LogP) is 3.10. The maximum Gasteiger partial charge on any atom is 0.163 e. The molecule has 0 aliphatic rings. The van der Waals surface area contributed by atoms with E-state index in [1.54, 1.807) is 6.07 Å². The minimum Gasteiger partial charge on any atom is -0.329 e. The van der Waals surface area contributed by atoms with Crippen LogP contribution in [0.15, 0.2) is 48.5 Å². The Morgan fingerprint density at radius 2 is 1.75 bits per heavy atom. The van der Waals surface area contributed by atoms with E-state index in [4.69, 9.17) is 5.73 Å². The van der Waals surface area contributed by atoms with Crippen LogP contribution in [-0.4, -0.2) is 18.5 Å². The Morgan fingerprint density at radius 3 is 2.40 bits per heavy atom. The van der Waals surface area contributed by atoms with E-state index in [-0.39, 0.29) is 12.6 Å². The van der Waals surface area contributed by atoms with Gasteiger partial charge in [-0.25, -0.2) is 8.78 Å². The van der Waals surface area contributed by atoms with Crippen LogP contribution >= 0.6 is 0 Å². The second-order valence-corrected chi connectivity index (χ2v) is 4.80. The van der Waals surface area contributed by atoms with Crippen molar-refractivity contribution in [3.05, 3.63) is 71.3 Å². The van der Waals surface area contributed by atoms with Crippen molar-refractivity contribution >= 4 is 0 Å². The molecule has 0 saturated carbocycles. The molecule has 20 heavy (non-hydrogen) atoms. The van der Waals surface area contributed by atoms with Crippen LogP contribution in [0.2, 0.25) is 0 Å². The van der Waals surface area contributed by atoms with Gasteiger partial charge in [0.15, 0.2) is 11.6 Å². The average molecular weight is 276 g/mol. The van der Waals surface area contributed by atoms with E-state index in [0.29, 0.717) is 12.1 Å². The van der Waals surface area contributed by atoms with Crippen LogP contribution in [0.1, 0.15) is 17.2 Å². The molecule has 0 heterocycles. The molecule has 106 valence electrons. The molecule has 2 nitrogen and oxygen atoms in total. The molecular weight excluding hydrogens is 258 g/mol. The molecule has 0 fully saturated rings. The molecule has 2 rings (SSSR count). The van der Waals surface area contributed by atoms with Crippen molar-refractivity contribution in [2.75, 3.05) is 13.6 Å². The molecule has 0 aromatic heterocycles. The third-order valence-electron chi connectivity index (χ3n) is 3.37. The minimum absolute atomic E-state index is 0.226. The van der Waals surface area contributed by atoms with Gasteiger partial charge in [-0.3, -0.25) is 4.90 Å². The molecule has 0 saturated heterocycles. The summed E-state index contributed by atoms with van der Waals surface area (Å²) in [6.07, 6.45) is 0. The molecule has 1 unspecified atom stereocenters. The van der Waals surface area contributed by atoms with Crippen molar-refractivity contribution in [2.24, 2.45) is 5.73 Å². The van der Waals surface area contributed by atoms with Crippen molar-refractivity contribution in [1.82, 2.24) is 4.90 Å². The van der Waals surface area contributed by atoms with Crippen LogP contribution in [0.3, 0.4) is 0 Å². The zero-order valence-electron chi connectivity index (χ0n) is 11.4. The molecule has 0 spiro atoms. The number of nitrogens with two attached hydrogens (primary N) is 1. The Balaban J connectivity index is 2.21. The van der Waals surface area contributed by atoms with Gasteiger partial charge >= 0.3 is 0 Å². The van der Waals surface area contributed by atoms with Gasteiger partial charge in [0.25, 0.3) is 0 Å². The lowest BCUT2D eigenvalue weighted by Crippen LogP contribution is -2.31. The van der Waals surface area contributed by atoms with Gasteiger partial charge in [0.2, 0.25) is 0 Å². The maximum absolute atomic E-state index is 13.9. The summed E-state index contributed by atoms with van der Waals surface area (Å²) in [7, 11) is 1.86. The fourth-order valence-corrected chi connectivity index (χ4v) is 2.30. The number of likely N-dealkylation sites (N-methyl/N-ethyl adjacent to an activating group) is 1. The van der Waals surface area contributed by atoms with E-state index in [0.717, 1.165) is 11.6 Å². The van der Waals surface area contributed by atoms with Crippen molar-refractivity contribution in [1.29, 1.82) is 0 Å². The first-order valence-electron chi connectivity index (χ1n) is 6.51. The summed E-state index contributed by atoms with van der Waals surface area (Å²) in [6.45, 7) is 0.850. The van der Waals surface area contributed by atoms with Crippen LogP contribution in [0.25, 0.3) is 0 Å². The summed E-state index contributed by atoms with van der Waals surface area (Å²) in [6, 6.07) is 13.7. The zero-order chi connectivity index (χ0) is 14.5. The number of nitrogens with zero attached hydrogens (tertiary/aromatic N) is 1. The normalized spacial score (nSPS) is 12.7. The van der Waals surface area contributed by atoms with Gasteiger partial charge < -0.3 is 5.73 Å². The first kappa shape index (κ1) is 14.6. The smallest absolute Gasteiger partial charge is 0.163 e. The third-order valence-corrected chi connectivity index (χ3v) is 3.37. The van der Waals surface area contributed by atoms with E-state index < -0.39 is 11.6 Å². The second kappa shape index (κ2) is 6.59. The molecule has 2 aromatic carbocycles. The largest absolute Gasteiger partial charge is 0.329 e. The highest BCUT2D eigenvalue weighted by Crippen LogP contribution is 2.24. The third kappa shape index (κ3) is 3.21. The summed E-state index contributed by atoms with van der Waals surface area (Å²) in [4.78, 5) is 1.92. The quantitative estimate of drug-likeness (QED) is 0.909. The molecular formula is C16H18F2N2. The van der Waals surface area contributed by atoms with Gasteiger partial charge in [0.1, 0.15) is 0 Å². The van der Waals surface area contributed by atoms with Crippen molar-refractivity contribution < 1.29 is 8.78 Å². The summed E-state index contributed by atoms with van der Waals surface area (Å²) in [5.41, 5.74) is 7.15. The lowest BCUT2D eigenvalue weighted by atomic mass is 10.0. The molecule has 4 heteroatoms. The Labute approximate surface area is 117 Å². The summed E-state index contributed by atoms with van der Waals surface area (Å²) >= 11 is 0. The molecule has 0 aliphatic carbocycles. The molecule has 0 radical (unpaired) electrons. The van der Waals surface area contributed by atoms with Crippen LogP contribution in [0.5, 0.6) is 0 Å². The molecule has 2 aromatic rings. The van der Waals surface area contributed by atoms with E-state index in [2.05, 4.69) is 0 Å². The van der Waals surface area contributed by atoms with Crippen LogP contribution in [0, 0.1) is 11.6 Å². The highest BCUT2D eigenvalue weighted by Gasteiger charge is 2.21. The van der Waals surface area contributed by atoms with Gasteiger partial charge in [-0.05, 0) is 18.7 Å². The summed E-state index contributed by atoms with van der Waals surface area (Å²) in [5.74, 6) is -1.66. The Hall–Kier alpha value is -1.78. The highest BCUT2D eigenvalue weighted by atomic mass is 19.2. The van der Waals surface area contributed by atoms with Crippen LogP contribution < -0.4 is 5.73 Å². The molecule has 1 atom stereocenters. The number of hydrogen-bond acceptors (Lipinski definition) is 2. The standard InChI is InChI=1S/C16H18F2N2/c1-20(11-12-6-3-2-4-7-12)15(10-19)13-8-5-9-14(17)16(13)18/h2-9,15H,10-11,19H2,1H3. The fraction of sp³-hybridized carbons (Fsp3) is 0.250. The van der Waals surface area contributed by atoms with Crippen LogP contribution in [-0.2, 0) is 6.54 Å². The lowest BCUT2D eigenvalue weighted by molar-refractivity contribution is 0.235. The molecule has 0 amide bonds. The second-order valence-electron chi connectivity index (χ2n) is 4.80. The van der Waals surface area contributed by atoms with Crippen molar-refractivity contribution in [3.63, 3.8) is 0 Å². The van der Waals surface area contributed by atoms with Gasteiger partial charge in [-0.15, -0.1) is 0 Å². The Kier molecular flexibility index (Phi) is 4.82. The lowest BCUT2D eigenvalue weighted by Gasteiger charge is -2.27. The fourth-order valence-electron chi connectivity index (χ4n) is 2.30. The first-order chi connectivity index (χ1) is 9.63. The van der Waals surface area contributed by atoms with Gasteiger partial charge in [-0.1, -0.05) is 42.5 Å². The van der Waals surface area contributed by atoms with E-state index in [1.165, 1.54) is 6.07 Å². The highest BCUT2D eigenvalue weighted by molar-refractivity contribution is 5.23. The van der Waals surface area contributed by atoms with E-state index in [9.17, 15) is 8.78 Å². The van der Waals surface area contributed by atoms with Gasteiger partial charge in [-0.2, -0.15) is 0 Å². The summed E-state index contributed by atoms with van der Waals surface area (Å²) in [5, 5.41) is 0. The Morgan fingerprint density at radius 1 is 1.05 bits per heavy atom. The molecule has 2 N–H and O–H groups in total.